The SMILES string of the molecule is Cc1ccc(N=Nc2c(N)ccc3c(O)c(N=Nc4cc(F)c(S(=O)(=O)O)cc4F)c(S(=O)(=O)O)cc23)c(S(=O)(=O)O)c1. The van der Waals surface area contributed by atoms with Crippen LogP contribution in [-0.2, 0) is 30.4 Å². The second-order valence-corrected chi connectivity index (χ2v) is 12.9. The fourth-order valence-electron chi connectivity index (χ4n) is 3.74. The smallest absolute Gasteiger partial charge is 0.297 e. The number of aryl methyl sites for hydroxylation is 1. The average Bonchev–Trinajstić information content (AvgIpc) is 2.87. The maximum atomic E-state index is 14.4. The van der Waals surface area contributed by atoms with Crippen LogP contribution in [0, 0.1) is 18.6 Å². The molecule has 0 saturated heterocycles. The second-order valence-electron chi connectivity index (χ2n) is 8.70. The van der Waals surface area contributed by atoms with Crippen LogP contribution in [0.15, 0.2) is 83.7 Å². The van der Waals surface area contributed by atoms with Gasteiger partial charge < -0.3 is 10.8 Å². The molecular weight excluding hydrogens is 640 g/mol. The van der Waals surface area contributed by atoms with Gasteiger partial charge in [0.05, 0.1) is 5.69 Å². The van der Waals surface area contributed by atoms with Gasteiger partial charge in [-0.25, -0.2) is 8.78 Å². The first-order valence-corrected chi connectivity index (χ1v) is 15.5. The number of phenols is 1. The molecule has 0 saturated carbocycles. The molecule has 0 spiro atoms. The number of hydrogen-bond acceptors (Lipinski definition) is 12. The molecule has 6 N–H and O–H groups in total. The Morgan fingerprint density at radius 3 is 1.81 bits per heavy atom. The predicted molar refractivity (Wildman–Crippen MR) is 145 cm³/mol. The van der Waals surface area contributed by atoms with Crippen LogP contribution in [0.3, 0.4) is 0 Å². The molecule has 0 aliphatic rings. The van der Waals surface area contributed by atoms with Gasteiger partial charge in [-0.15, -0.1) is 20.5 Å². The van der Waals surface area contributed by atoms with Gasteiger partial charge in [0.25, 0.3) is 30.4 Å². The summed E-state index contributed by atoms with van der Waals surface area (Å²) in [6.45, 7) is 1.55. The largest absolute Gasteiger partial charge is 0.505 e. The third-order valence-electron chi connectivity index (χ3n) is 5.70. The first kappa shape index (κ1) is 31.5. The first-order valence-electron chi connectivity index (χ1n) is 11.2. The number of rotatable bonds is 7. The fraction of sp³-hybridized carbons (Fsp3) is 0.0435. The summed E-state index contributed by atoms with van der Waals surface area (Å²) < 4.78 is 127. The molecule has 0 fully saturated rings. The lowest BCUT2D eigenvalue weighted by atomic mass is 10.1. The Kier molecular flexibility index (Phi) is 8.04. The van der Waals surface area contributed by atoms with Crippen LogP contribution < -0.4 is 5.73 Å². The van der Waals surface area contributed by atoms with Crippen LogP contribution in [0.1, 0.15) is 5.56 Å². The number of hydrogen-bond donors (Lipinski definition) is 5. The number of fused-ring (bicyclic) bond motifs is 1. The average molecular weight is 658 g/mol. The van der Waals surface area contributed by atoms with Gasteiger partial charge in [0.15, 0.2) is 11.6 Å². The van der Waals surface area contributed by atoms with Crippen molar-refractivity contribution in [3.8, 4) is 5.75 Å². The Bertz CT molecular complexity index is 2220. The molecule has 226 valence electrons. The van der Waals surface area contributed by atoms with E-state index >= 15 is 0 Å². The van der Waals surface area contributed by atoms with E-state index in [2.05, 4.69) is 20.5 Å². The summed E-state index contributed by atoms with van der Waals surface area (Å²) in [5, 5.41) is 24.8. The van der Waals surface area contributed by atoms with E-state index in [1.54, 1.807) is 6.92 Å². The Labute approximate surface area is 241 Å². The van der Waals surface area contributed by atoms with Gasteiger partial charge in [0.1, 0.15) is 43.3 Å². The van der Waals surface area contributed by atoms with E-state index in [1.807, 2.05) is 0 Å². The topological polar surface area (TPSA) is 259 Å². The zero-order valence-electron chi connectivity index (χ0n) is 21.2. The molecule has 0 unspecified atom stereocenters. The Balaban J connectivity index is 1.93. The van der Waals surface area contributed by atoms with Crippen LogP contribution in [0.2, 0.25) is 0 Å². The van der Waals surface area contributed by atoms with Crippen LogP contribution in [0.25, 0.3) is 10.8 Å². The molecule has 20 heteroatoms. The molecule has 0 heterocycles. The van der Waals surface area contributed by atoms with Gasteiger partial charge in [-0.1, -0.05) is 6.07 Å². The van der Waals surface area contributed by atoms with E-state index in [9.17, 15) is 48.2 Å². The van der Waals surface area contributed by atoms with E-state index < -0.39 is 73.8 Å². The standard InChI is InChI=1S/C23H17F2N5O10S3/c1-10-2-5-16(19(6-10)42(35,36)37)27-29-21-12-7-20(43(38,39)40)22(23(31)11(12)3-4-15(21)26)30-28-17-8-14(25)18(9-13(17)24)41(32,33)34/h2-9,31H,26H2,1H3,(H,32,33,34)(H,35,36,37)(H,38,39,40). The van der Waals surface area contributed by atoms with Crippen LogP contribution in [0.4, 0.5) is 37.2 Å². The lowest BCUT2D eigenvalue weighted by Gasteiger charge is -2.12. The summed E-state index contributed by atoms with van der Waals surface area (Å²) >= 11 is 0. The molecular formula is C23H17F2N5O10S3. The van der Waals surface area contributed by atoms with Crippen molar-refractivity contribution in [1.29, 1.82) is 0 Å². The molecule has 0 atom stereocenters. The third-order valence-corrected chi connectivity index (χ3v) is 8.32. The highest BCUT2D eigenvalue weighted by Crippen LogP contribution is 2.46. The number of nitrogens with two attached hydrogens (primary N) is 1. The van der Waals surface area contributed by atoms with Gasteiger partial charge >= 0.3 is 0 Å². The molecule has 0 aliphatic carbocycles. The van der Waals surface area contributed by atoms with E-state index in [-0.39, 0.29) is 40.0 Å². The molecule has 15 nitrogen and oxygen atoms in total. The molecule has 4 aromatic carbocycles. The van der Waals surface area contributed by atoms with Crippen molar-refractivity contribution in [2.24, 2.45) is 20.5 Å². The minimum atomic E-state index is -5.24. The normalized spacial score (nSPS) is 13.0. The zero-order chi connectivity index (χ0) is 32.1. The van der Waals surface area contributed by atoms with E-state index in [0.717, 1.165) is 12.1 Å². The Morgan fingerprint density at radius 2 is 1.21 bits per heavy atom. The fourth-order valence-corrected chi connectivity index (χ4v) is 5.65. The molecule has 0 aliphatic heterocycles. The zero-order valence-corrected chi connectivity index (χ0v) is 23.7. The number of phenolic OH excluding ortho intramolecular Hbond substituents is 1. The summed E-state index contributed by atoms with van der Waals surface area (Å²) in [5.41, 5.74) is 3.65. The number of halogens is 2. The van der Waals surface area contributed by atoms with Crippen molar-refractivity contribution in [3.63, 3.8) is 0 Å². The van der Waals surface area contributed by atoms with Crippen LogP contribution in [0.5, 0.6) is 5.75 Å². The summed E-state index contributed by atoms with van der Waals surface area (Å²) in [4.78, 5) is -3.13. The highest BCUT2D eigenvalue weighted by molar-refractivity contribution is 7.86. The van der Waals surface area contributed by atoms with Crippen molar-refractivity contribution in [2.75, 3.05) is 5.73 Å². The summed E-state index contributed by atoms with van der Waals surface area (Å²) in [5.74, 6) is -4.12. The van der Waals surface area contributed by atoms with Gasteiger partial charge in [-0.3, -0.25) is 13.7 Å². The van der Waals surface area contributed by atoms with Crippen molar-refractivity contribution in [1.82, 2.24) is 0 Å². The monoisotopic (exact) mass is 657 g/mol. The highest BCUT2D eigenvalue weighted by Gasteiger charge is 2.25. The molecule has 0 aromatic heterocycles. The first-order chi connectivity index (χ1) is 19.8. The lowest BCUT2D eigenvalue weighted by molar-refractivity contribution is 0.469. The number of nitrogen functional groups attached to an aromatic ring is 1. The van der Waals surface area contributed by atoms with Crippen molar-refractivity contribution >= 4 is 69.6 Å². The van der Waals surface area contributed by atoms with Gasteiger partial charge in [-0.05, 0) is 42.8 Å². The van der Waals surface area contributed by atoms with Gasteiger partial charge in [-0.2, -0.15) is 25.3 Å². The van der Waals surface area contributed by atoms with Crippen molar-refractivity contribution < 1.29 is 52.8 Å². The van der Waals surface area contributed by atoms with Crippen molar-refractivity contribution in [2.45, 2.75) is 21.6 Å². The maximum absolute atomic E-state index is 14.4. The third kappa shape index (κ3) is 6.48. The number of anilines is 1. The Hall–Kier alpha value is -4.47. The van der Waals surface area contributed by atoms with Crippen LogP contribution in [-0.4, -0.2) is 44.0 Å². The van der Waals surface area contributed by atoms with Gasteiger partial charge in [0.2, 0.25) is 0 Å². The molecule has 4 rings (SSSR count). The predicted octanol–water partition coefficient (Wildman–Crippen LogP) is 5.29. The molecule has 0 bridgehead atoms. The molecule has 0 amide bonds. The number of nitrogens with zero attached hydrogens (tertiary/aromatic N) is 4. The minimum absolute atomic E-state index is 0.0878. The maximum Gasteiger partial charge on any atom is 0.297 e. The van der Waals surface area contributed by atoms with E-state index in [0.29, 0.717) is 5.56 Å². The molecule has 4 aromatic rings. The second kappa shape index (κ2) is 11.0. The summed E-state index contributed by atoms with van der Waals surface area (Å²) in [6, 6.07) is 7.19. The Morgan fingerprint density at radius 1 is 0.628 bits per heavy atom. The van der Waals surface area contributed by atoms with E-state index in [4.69, 9.17) is 10.3 Å². The minimum Gasteiger partial charge on any atom is -0.505 e. The number of benzene rings is 4. The number of aromatic hydroxyl groups is 1. The summed E-state index contributed by atoms with van der Waals surface area (Å²) in [6.07, 6.45) is 0. The van der Waals surface area contributed by atoms with Crippen molar-refractivity contribution in [3.05, 3.63) is 65.7 Å². The summed E-state index contributed by atoms with van der Waals surface area (Å²) in [7, 11) is -15.1. The lowest BCUT2D eigenvalue weighted by Crippen LogP contribution is -2.02. The molecule has 0 radical (unpaired) electrons. The van der Waals surface area contributed by atoms with Crippen LogP contribution >= 0.6 is 0 Å². The molecule has 43 heavy (non-hydrogen) atoms. The van der Waals surface area contributed by atoms with E-state index in [1.165, 1.54) is 24.3 Å². The number of azo groups is 2. The quantitative estimate of drug-likeness (QED) is 0.0969. The highest BCUT2D eigenvalue weighted by atomic mass is 32.2. The van der Waals surface area contributed by atoms with Gasteiger partial charge in [0, 0.05) is 22.9 Å².